The van der Waals surface area contributed by atoms with Gasteiger partial charge in [-0.1, -0.05) is 35.0 Å². The molecular formula is C17H15Cl3N2S. The fourth-order valence-electron chi connectivity index (χ4n) is 2.90. The fraction of sp³-hybridized carbons (Fsp3) is 0.176. The summed E-state index contributed by atoms with van der Waals surface area (Å²) in [4.78, 5) is 5.94. The molecule has 6 heteroatoms. The molecule has 0 atom stereocenters. The summed E-state index contributed by atoms with van der Waals surface area (Å²) < 4.78 is 0. The van der Waals surface area contributed by atoms with Crippen LogP contribution in [0.15, 0.2) is 46.2 Å². The number of halogens is 3. The van der Waals surface area contributed by atoms with Crippen molar-refractivity contribution in [3.63, 3.8) is 0 Å². The third-order valence-electron chi connectivity index (χ3n) is 3.95. The second-order valence-electron chi connectivity index (χ2n) is 5.36. The Balaban J connectivity index is 0.00000156. The minimum atomic E-state index is 0. The van der Waals surface area contributed by atoms with Crippen LogP contribution >= 0.6 is 47.4 Å². The van der Waals surface area contributed by atoms with Crippen LogP contribution in [0.4, 0.5) is 0 Å². The van der Waals surface area contributed by atoms with E-state index in [1.165, 1.54) is 21.0 Å². The van der Waals surface area contributed by atoms with E-state index in [9.17, 15) is 0 Å². The second kappa shape index (κ2) is 6.96. The van der Waals surface area contributed by atoms with Gasteiger partial charge in [0.2, 0.25) is 0 Å². The van der Waals surface area contributed by atoms with Crippen molar-refractivity contribution in [1.82, 2.24) is 10.3 Å². The first-order valence-electron chi connectivity index (χ1n) is 7.18. The summed E-state index contributed by atoms with van der Waals surface area (Å²) in [6.45, 7) is 1.89. The van der Waals surface area contributed by atoms with Crippen molar-refractivity contribution in [1.29, 1.82) is 0 Å². The number of aromatic nitrogens is 1. The monoisotopic (exact) mass is 384 g/mol. The van der Waals surface area contributed by atoms with Crippen LogP contribution in [-0.4, -0.2) is 11.5 Å². The lowest BCUT2D eigenvalue weighted by Gasteiger charge is -2.12. The molecule has 0 spiro atoms. The average molecular weight is 386 g/mol. The van der Waals surface area contributed by atoms with E-state index in [0.717, 1.165) is 40.5 Å². The summed E-state index contributed by atoms with van der Waals surface area (Å²) in [5.74, 6) is 0. The molecule has 0 saturated heterocycles. The van der Waals surface area contributed by atoms with E-state index in [2.05, 4.69) is 16.4 Å². The molecule has 3 aromatic rings. The van der Waals surface area contributed by atoms with Crippen molar-refractivity contribution in [2.75, 3.05) is 6.54 Å². The molecular weight excluding hydrogens is 371 g/mol. The zero-order chi connectivity index (χ0) is 15.1. The van der Waals surface area contributed by atoms with Gasteiger partial charge in [-0.3, -0.25) is 0 Å². The van der Waals surface area contributed by atoms with Crippen molar-refractivity contribution in [2.45, 2.75) is 22.8 Å². The van der Waals surface area contributed by atoms with Crippen molar-refractivity contribution < 1.29 is 0 Å². The Morgan fingerprint density at radius 1 is 1.00 bits per heavy atom. The minimum Gasteiger partial charge on any atom is -0.357 e. The normalized spacial score (nSPS) is 13.7. The Labute approximate surface area is 155 Å². The maximum atomic E-state index is 6.46. The largest absolute Gasteiger partial charge is 0.357 e. The van der Waals surface area contributed by atoms with E-state index in [4.69, 9.17) is 23.2 Å². The first kappa shape index (κ1) is 17.0. The van der Waals surface area contributed by atoms with Gasteiger partial charge in [0.15, 0.2) is 0 Å². The highest BCUT2D eigenvalue weighted by Gasteiger charge is 2.19. The molecule has 0 fully saturated rings. The van der Waals surface area contributed by atoms with Crippen molar-refractivity contribution in [3.05, 3.63) is 57.7 Å². The van der Waals surface area contributed by atoms with E-state index in [1.807, 2.05) is 30.3 Å². The molecule has 0 aliphatic carbocycles. The molecule has 2 heterocycles. The van der Waals surface area contributed by atoms with Crippen molar-refractivity contribution >= 4 is 58.3 Å². The maximum Gasteiger partial charge on any atom is 0.0616 e. The molecule has 1 aliphatic rings. The first-order chi connectivity index (χ1) is 10.7. The highest BCUT2D eigenvalue weighted by molar-refractivity contribution is 7.99. The molecule has 2 N–H and O–H groups in total. The van der Waals surface area contributed by atoms with E-state index < -0.39 is 0 Å². The van der Waals surface area contributed by atoms with E-state index in [0.29, 0.717) is 0 Å². The molecule has 1 aliphatic heterocycles. The molecule has 0 radical (unpaired) electrons. The zero-order valence-corrected chi connectivity index (χ0v) is 15.3. The first-order valence-corrected chi connectivity index (χ1v) is 8.75. The summed E-state index contributed by atoms with van der Waals surface area (Å²) in [6.07, 6.45) is 1.02. The van der Waals surface area contributed by atoms with Crippen LogP contribution in [0.5, 0.6) is 0 Å². The van der Waals surface area contributed by atoms with Gasteiger partial charge >= 0.3 is 0 Å². The number of nitrogens with one attached hydrogen (secondary N) is 2. The van der Waals surface area contributed by atoms with Crippen LogP contribution < -0.4 is 5.32 Å². The smallest absolute Gasteiger partial charge is 0.0616 e. The summed E-state index contributed by atoms with van der Waals surface area (Å²) in [5, 5.41) is 6.15. The van der Waals surface area contributed by atoms with Crippen molar-refractivity contribution in [3.8, 4) is 0 Å². The molecule has 4 rings (SSSR count). The number of rotatable bonds is 2. The molecule has 2 aromatic carbocycles. The molecule has 23 heavy (non-hydrogen) atoms. The predicted molar refractivity (Wildman–Crippen MR) is 102 cm³/mol. The number of benzene rings is 2. The lowest BCUT2D eigenvalue weighted by atomic mass is 10.1. The highest BCUT2D eigenvalue weighted by Crippen LogP contribution is 2.39. The lowest BCUT2D eigenvalue weighted by Crippen LogP contribution is -2.22. The topological polar surface area (TPSA) is 27.8 Å². The van der Waals surface area contributed by atoms with Gasteiger partial charge in [0.25, 0.3) is 0 Å². The lowest BCUT2D eigenvalue weighted by molar-refractivity contribution is 0.641. The van der Waals surface area contributed by atoms with Gasteiger partial charge in [-0.15, -0.1) is 12.4 Å². The van der Waals surface area contributed by atoms with Gasteiger partial charge in [0.1, 0.15) is 0 Å². The van der Waals surface area contributed by atoms with Crippen LogP contribution in [-0.2, 0) is 13.0 Å². The van der Waals surface area contributed by atoms with Gasteiger partial charge < -0.3 is 10.3 Å². The van der Waals surface area contributed by atoms with Gasteiger partial charge in [0, 0.05) is 45.4 Å². The fourth-order valence-corrected chi connectivity index (χ4v) is 4.22. The number of hydrogen-bond acceptors (Lipinski definition) is 2. The number of hydrogen-bond donors (Lipinski definition) is 2. The molecule has 0 bridgehead atoms. The minimum absolute atomic E-state index is 0. The average Bonchev–Trinajstić information content (AvgIpc) is 2.93. The van der Waals surface area contributed by atoms with Gasteiger partial charge in [-0.2, -0.15) is 0 Å². The molecule has 120 valence electrons. The zero-order valence-electron chi connectivity index (χ0n) is 12.2. The van der Waals surface area contributed by atoms with Gasteiger partial charge in [-0.05, 0) is 42.0 Å². The quantitative estimate of drug-likeness (QED) is 0.592. The van der Waals surface area contributed by atoms with Crippen LogP contribution in [0.3, 0.4) is 0 Å². The van der Waals surface area contributed by atoms with Crippen LogP contribution in [0, 0.1) is 0 Å². The molecule has 1 aromatic heterocycles. The Morgan fingerprint density at radius 3 is 2.57 bits per heavy atom. The Hall–Kier alpha value is -0.840. The number of fused-ring (bicyclic) bond motifs is 3. The Bertz CT molecular complexity index is 843. The molecule has 2 nitrogen and oxygen atoms in total. The Kier molecular flexibility index (Phi) is 5.14. The van der Waals surface area contributed by atoms with Crippen molar-refractivity contribution in [2.24, 2.45) is 0 Å². The summed E-state index contributed by atoms with van der Waals surface area (Å²) in [7, 11) is 0. The third-order valence-corrected chi connectivity index (χ3v) is 5.59. The van der Waals surface area contributed by atoms with E-state index in [1.54, 1.807) is 11.8 Å². The summed E-state index contributed by atoms with van der Waals surface area (Å²) >= 11 is 14.1. The van der Waals surface area contributed by atoms with E-state index in [-0.39, 0.29) is 12.4 Å². The molecule has 0 unspecified atom stereocenters. The predicted octanol–water partition coefficient (Wildman–Crippen LogP) is 5.69. The summed E-state index contributed by atoms with van der Waals surface area (Å²) in [5.41, 5.74) is 3.76. The maximum absolute atomic E-state index is 6.46. The highest BCUT2D eigenvalue weighted by atomic mass is 35.5. The number of H-pyrrole nitrogens is 1. The standard InChI is InChI=1S/C17H14Cl2N2S.ClH/c18-10-1-3-11(4-2-10)22-15-6-5-13(19)16-12-9-20-8-7-14(12)21-17(15)16;/h1-6,20-21H,7-9H2;1H. The third kappa shape index (κ3) is 3.21. The van der Waals surface area contributed by atoms with Gasteiger partial charge in [0.05, 0.1) is 10.5 Å². The number of aromatic amines is 1. The van der Waals surface area contributed by atoms with E-state index >= 15 is 0 Å². The van der Waals surface area contributed by atoms with Crippen LogP contribution in [0.1, 0.15) is 11.3 Å². The second-order valence-corrected chi connectivity index (χ2v) is 7.32. The molecule has 0 saturated carbocycles. The van der Waals surface area contributed by atoms with Gasteiger partial charge in [-0.25, -0.2) is 0 Å². The SMILES string of the molecule is Cl.Clc1ccc(Sc2ccc(Cl)c3c4c([nH]c23)CCNC4)cc1. The summed E-state index contributed by atoms with van der Waals surface area (Å²) in [6, 6.07) is 12.0. The Morgan fingerprint density at radius 2 is 1.78 bits per heavy atom. The van der Waals surface area contributed by atoms with Crippen LogP contribution in [0.25, 0.3) is 10.9 Å². The van der Waals surface area contributed by atoms with Crippen LogP contribution in [0.2, 0.25) is 10.0 Å². The molecule has 0 amide bonds.